The van der Waals surface area contributed by atoms with Gasteiger partial charge in [-0.1, -0.05) is 18.2 Å². The number of anilines is 1. The summed E-state index contributed by atoms with van der Waals surface area (Å²) >= 11 is 3.18. The van der Waals surface area contributed by atoms with Crippen LogP contribution in [0.5, 0.6) is 0 Å². The van der Waals surface area contributed by atoms with Crippen molar-refractivity contribution >= 4 is 21.6 Å². The third-order valence-electron chi connectivity index (χ3n) is 3.43. The van der Waals surface area contributed by atoms with Crippen molar-refractivity contribution in [2.24, 2.45) is 5.73 Å². The summed E-state index contributed by atoms with van der Waals surface area (Å²) in [5.74, 6) is -0.623. The van der Waals surface area contributed by atoms with Gasteiger partial charge in [0.1, 0.15) is 11.6 Å². The average molecular weight is 355 g/mol. The highest BCUT2D eigenvalue weighted by molar-refractivity contribution is 9.10. The molecule has 2 nitrogen and oxygen atoms in total. The second-order valence-electron chi connectivity index (χ2n) is 4.66. The van der Waals surface area contributed by atoms with E-state index >= 15 is 0 Å². The number of hydrogen-bond donors (Lipinski definition) is 1. The maximum atomic E-state index is 14.0. The molecule has 0 spiro atoms. The van der Waals surface area contributed by atoms with Gasteiger partial charge in [0.25, 0.3) is 0 Å². The molecule has 2 aromatic carbocycles. The lowest BCUT2D eigenvalue weighted by atomic mass is 10.0. The van der Waals surface area contributed by atoms with Crippen LogP contribution in [0.15, 0.2) is 46.9 Å². The van der Waals surface area contributed by atoms with E-state index in [1.54, 1.807) is 30.3 Å². The Hall–Kier alpha value is -1.46. The lowest BCUT2D eigenvalue weighted by molar-refractivity contribution is 0.585. The quantitative estimate of drug-likeness (QED) is 0.869. The minimum Gasteiger partial charge on any atom is -0.361 e. The van der Waals surface area contributed by atoms with Crippen LogP contribution in [-0.2, 0) is 0 Å². The van der Waals surface area contributed by atoms with Crippen LogP contribution in [0.3, 0.4) is 0 Å². The Morgan fingerprint density at radius 2 is 1.86 bits per heavy atom. The van der Waals surface area contributed by atoms with Crippen LogP contribution in [0, 0.1) is 11.6 Å². The van der Waals surface area contributed by atoms with Gasteiger partial charge >= 0.3 is 0 Å². The van der Waals surface area contributed by atoms with E-state index in [1.165, 1.54) is 12.1 Å². The fourth-order valence-electron chi connectivity index (χ4n) is 2.41. The molecule has 0 heterocycles. The van der Waals surface area contributed by atoms with Crippen molar-refractivity contribution in [2.75, 3.05) is 18.0 Å². The van der Waals surface area contributed by atoms with Crippen LogP contribution in [0.2, 0.25) is 0 Å². The fourth-order valence-corrected chi connectivity index (χ4v) is 2.80. The van der Waals surface area contributed by atoms with Crippen molar-refractivity contribution in [1.29, 1.82) is 0 Å². The van der Waals surface area contributed by atoms with Crippen LogP contribution >= 0.6 is 15.9 Å². The zero-order valence-corrected chi connectivity index (χ0v) is 13.3. The Morgan fingerprint density at radius 1 is 1.14 bits per heavy atom. The Kier molecular flexibility index (Phi) is 5.31. The van der Waals surface area contributed by atoms with Crippen LogP contribution in [0.4, 0.5) is 14.5 Å². The van der Waals surface area contributed by atoms with Gasteiger partial charge in [-0.3, -0.25) is 0 Å². The molecule has 0 aliphatic carbocycles. The summed E-state index contributed by atoms with van der Waals surface area (Å²) in [6.45, 7) is 2.84. The molecule has 1 atom stereocenters. The molecule has 0 radical (unpaired) electrons. The maximum absolute atomic E-state index is 14.0. The van der Waals surface area contributed by atoms with Gasteiger partial charge in [-0.25, -0.2) is 8.78 Å². The van der Waals surface area contributed by atoms with Crippen molar-refractivity contribution in [3.8, 4) is 0 Å². The first-order chi connectivity index (χ1) is 10.1. The van der Waals surface area contributed by atoms with E-state index in [4.69, 9.17) is 5.73 Å². The van der Waals surface area contributed by atoms with Gasteiger partial charge in [-0.15, -0.1) is 0 Å². The smallest absolute Gasteiger partial charge is 0.146 e. The standard InChI is InChI=1S/C16H17BrF2N2/c1-2-21(15-6-4-3-5-14(15)19)16(10-20)11-7-8-13(18)12(17)9-11/h3-9,16H,2,10,20H2,1H3. The van der Waals surface area contributed by atoms with Gasteiger partial charge in [0.15, 0.2) is 0 Å². The first kappa shape index (κ1) is 15.9. The number of rotatable bonds is 5. The Bertz CT molecular complexity index is 619. The molecule has 21 heavy (non-hydrogen) atoms. The van der Waals surface area contributed by atoms with Crippen molar-refractivity contribution in [2.45, 2.75) is 13.0 Å². The van der Waals surface area contributed by atoms with Gasteiger partial charge in [-0.2, -0.15) is 0 Å². The first-order valence-electron chi connectivity index (χ1n) is 6.74. The van der Waals surface area contributed by atoms with Crippen molar-refractivity contribution in [3.63, 3.8) is 0 Å². The normalized spacial score (nSPS) is 12.2. The third-order valence-corrected chi connectivity index (χ3v) is 4.04. The van der Waals surface area contributed by atoms with Crippen molar-refractivity contribution in [3.05, 3.63) is 64.1 Å². The monoisotopic (exact) mass is 354 g/mol. The molecule has 0 saturated carbocycles. The Morgan fingerprint density at radius 3 is 2.43 bits per heavy atom. The second kappa shape index (κ2) is 7.00. The van der Waals surface area contributed by atoms with Gasteiger partial charge in [-0.05, 0) is 52.7 Å². The summed E-state index contributed by atoms with van der Waals surface area (Å²) in [6.07, 6.45) is 0. The largest absolute Gasteiger partial charge is 0.361 e. The van der Waals surface area contributed by atoms with E-state index < -0.39 is 0 Å². The summed E-state index contributed by atoms with van der Waals surface area (Å²) in [4.78, 5) is 1.88. The molecule has 0 aliphatic heterocycles. The number of likely N-dealkylation sites (N-methyl/N-ethyl adjacent to an activating group) is 1. The molecule has 0 saturated heterocycles. The van der Waals surface area contributed by atoms with Crippen LogP contribution in [0.25, 0.3) is 0 Å². The molecule has 0 bridgehead atoms. The van der Waals surface area contributed by atoms with Crippen LogP contribution in [0.1, 0.15) is 18.5 Å². The predicted octanol–water partition coefficient (Wildman–Crippen LogP) is 4.25. The first-order valence-corrected chi connectivity index (χ1v) is 7.54. The molecule has 0 aliphatic rings. The molecular formula is C16H17BrF2N2. The number of halogens is 3. The average Bonchev–Trinajstić information content (AvgIpc) is 2.49. The molecule has 2 aromatic rings. The molecule has 0 amide bonds. The SMILES string of the molecule is CCN(c1ccccc1F)C(CN)c1ccc(F)c(Br)c1. The van der Waals surface area contributed by atoms with Gasteiger partial charge in [0.05, 0.1) is 16.2 Å². The van der Waals surface area contributed by atoms with E-state index in [0.29, 0.717) is 23.2 Å². The minimum absolute atomic E-state index is 0.219. The molecular weight excluding hydrogens is 338 g/mol. The number of nitrogens with zero attached hydrogens (tertiary/aromatic N) is 1. The molecule has 112 valence electrons. The number of benzene rings is 2. The van der Waals surface area contributed by atoms with Crippen molar-refractivity contribution < 1.29 is 8.78 Å². The minimum atomic E-state index is -0.330. The highest BCUT2D eigenvalue weighted by Crippen LogP contribution is 2.30. The second-order valence-corrected chi connectivity index (χ2v) is 5.52. The summed E-state index contributed by atoms with van der Waals surface area (Å²) in [5.41, 5.74) is 7.22. The lowest BCUT2D eigenvalue weighted by Crippen LogP contribution is -2.34. The Labute approximate surface area is 131 Å². The Balaban J connectivity index is 2.42. The summed E-state index contributed by atoms with van der Waals surface area (Å²) in [6, 6.07) is 11.1. The number of hydrogen-bond acceptors (Lipinski definition) is 2. The topological polar surface area (TPSA) is 29.3 Å². The molecule has 1 unspecified atom stereocenters. The number of para-hydroxylation sites is 1. The summed E-state index contributed by atoms with van der Waals surface area (Å²) in [7, 11) is 0. The molecule has 0 fully saturated rings. The van der Waals surface area contributed by atoms with E-state index in [-0.39, 0.29) is 17.7 Å². The molecule has 2 rings (SSSR count). The highest BCUT2D eigenvalue weighted by Gasteiger charge is 2.21. The van der Waals surface area contributed by atoms with Gasteiger partial charge in [0, 0.05) is 13.1 Å². The van der Waals surface area contributed by atoms with E-state index in [0.717, 1.165) is 5.56 Å². The van der Waals surface area contributed by atoms with Crippen LogP contribution < -0.4 is 10.6 Å². The zero-order chi connectivity index (χ0) is 15.4. The molecule has 2 N–H and O–H groups in total. The van der Waals surface area contributed by atoms with Gasteiger partial charge < -0.3 is 10.6 Å². The van der Waals surface area contributed by atoms with E-state index in [2.05, 4.69) is 15.9 Å². The fraction of sp³-hybridized carbons (Fsp3) is 0.250. The summed E-state index contributed by atoms with van der Waals surface area (Å²) in [5, 5.41) is 0. The van der Waals surface area contributed by atoms with E-state index in [9.17, 15) is 8.78 Å². The summed E-state index contributed by atoms with van der Waals surface area (Å²) < 4.78 is 27.8. The highest BCUT2D eigenvalue weighted by atomic mass is 79.9. The zero-order valence-electron chi connectivity index (χ0n) is 11.7. The molecule has 5 heteroatoms. The predicted molar refractivity (Wildman–Crippen MR) is 85.3 cm³/mol. The van der Waals surface area contributed by atoms with Gasteiger partial charge in [0.2, 0.25) is 0 Å². The molecule has 0 aromatic heterocycles. The van der Waals surface area contributed by atoms with Crippen molar-refractivity contribution in [1.82, 2.24) is 0 Å². The number of nitrogens with two attached hydrogens (primary N) is 1. The third kappa shape index (κ3) is 3.41. The maximum Gasteiger partial charge on any atom is 0.146 e. The van der Waals surface area contributed by atoms with E-state index in [1.807, 2.05) is 11.8 Å². The lowest BCUT2D eigenvalue weighted by Gasteiger charge is -2.32. The van der Waals surface area contributed by atoms with Crippen LogP contribution in [-0.4, -0.2) is 13.1 Å².